The number of nitrogens with zero attached hydrogens (tertiary/aromatic N) is 3. The second kappa shape index (κ2) is 5.03. The monoisotopic (exact) mass is 259 g/mol. The fourth-order valence-corrected chi connectivity index (χ4v) is 1.75. The van der Waals surface area contributed by atoms with Crippen LogP contribution in [0.5, 0.6) is 0 Å². The molecular formula is C13H10ClN3O. The third-order valence-corrected chi connectivity index (χ3v) is 2.80. The van der Waals surface area contributed by atoms with Gasteiger partial charge in [-0.2, -0.15) is 5.26 Å². The molecule has 0 bridgehead atoms. The highest BCUT2D eigenvalue weighted by molar-refractivity contribution is 6.30. The van der Waals surface area contributed by atoms with Crippen LogP contribution in [-0.2, 0) is 7.05 Å². The van der Waals surface area contributed by atoms with Crippen LogP contribution in [0.25, 0.3) is 0 Å². The molecule has 0 saturated carbocycles. The van der Waals surface area contributed by atoms with E-state index in [0.717, 1.165) is 0 Å². The average Bonchev–Trinajstić information content (AvgIpc) is 2.79. The van der Waals surface area contributed by atoms with Gasteiger partial charge in [0.2, 0.25) is 5.78 Å². The molecule has 1 aromatic heterocycles. The summed E-state index contributed by atoms with van der Waals surface area (Å²) < 4.78 is 1.67. The summed E-state index contributed by atoms with van der Waals surface area (Å²) in [5, 5.41) is 9.72. The molecule has 1 atom stereocenters. The molecule has 0 aliphatic heterocycles. The van der Waals surface area contributed by atoms with Gasteiger partial charge < -0.3 is 4.57 Å². The summed E-state index contributed by atoms with van der Waals surface area (Å²) in [4.78, 5) is 16.1. The van der Waals surface area contributed by atoms with E-state index in [0.29, 0.717) is 16.3 Å². The molecule has 0 fully saturated rings. The van der Waals surface area contributed by atoms with Crippen molar-refractivity contribution in [1.82, 2.24) is 9.55 Å². The van der Waals surface area contributed by atoms with Gasteiger partial charge in [0.1, 0.15) is 11.6 Å². The first-order valence-corrected chi connectivity index (χ1v) is 5.67. The first-order valence-electron chi connectivity index (χ1n) is 5.29. The van der Waals surface area contributed by atoms with Crippen LogP contribution >= 0.6 is 11.6 Å². The maximum Gasteiger partial charge on any atom is 0.204 e. The summed E-state index contributed by atoms with van der Waals surface area (Å²) in [7, 11) is 1.77. The third-order valence-electron chi connectivity index (χ3n) is 2.55. The normalized spacial score (nSPS) is 11.8. The molecule has 0 amide bonds. The van der Waals surface area contributed by atoms with Crippen molar-refractivity contribution in [3.05, 3.63) is 53.1 Å². The molecule has 5 heteroatoms. The highest BCUT2D eigenvalue weighted by atomic mass is 35.5. The number of benzene rings is 1. The molecule has 0 saturated heterocycles. The minimum Gasteiger partial charge on any atom is -0.340 e. The zero-order valence-corrected chi connectivity index (χ0v) is 10.4. The molecule has 90 valence electrons. The fourth-order valence-electron chi connectivity index (χ4n) is 1.63. The predicted molar refractivity (Wildman–Crippen MR) is 67.3 cm³/mol. The number of hydrogen-bond donors (Lipinski definition) is 0. The zero-order valence-electron chi connectivity index (χ0n) is 9.67. The lowest BCUT2D eigenvalue weighted by Gasteiger charge is -2.06. The van der Waals surface area contributed by atoms with Gasteiger partial charge >= 0.3 is 0 Å². The highest BCUT2D eigenvalue weighted by Crippen LogP contribution is 2.21. The molecule has 0 radical (unpaired) electrons. The van der Waals surface area contributed by atoms with Crippen molar-refractivity contribution in [3.63, 3.8) is 0 Å². The Labute approximate surface area is 109 Å². The quantitative estimate of drug-likeness (QED) is 0.796. The van der Waals surface area contributed by atoms with Crippen molar-refractivity contribution >= 4 is 17.4 Å². The van der Waals surface area contributed by atoms with Crippen molar-refractivity contribution in [2.75, 3.05) is 0 Å². The largest absolute Gasteiger partial charge is 0.340 e. The van der Waals surface area contributed by atoms with E-state index in [-0.39, 0.29) is 5.78 Å². The van der Waals surface area contributed by atoms with E-state index in [9.17, 15) is 4.79 Å². The molecule has 1 heterocycles. The Balaban J connectivity index is 2.32. The SMILES string of the molecule is Cn1cnc(C(=O)C(C#N)c2ccc(Cl)cc2)c1. The van der Waals surface area contributed by atoms with Crippen LogP contribution in [0.15, 0.2) is 36.8 Å². The second-order valence-electron chi connectivity index (χ2n) is 3.90. The van der Waals surface area contributed by atoms with Crippen molar-refractivity contribution in [2.24, 2.45) is 7.05 Å². The fraction of sp³-hybridized carbons (Fsp3) is 0.154. The number of aromatic nitrogens is 2. The van der Waals surface area contributed by atoms with Gasteiger partial charge in [0.25, 0.3) is 0 Å². The Morgan fingerprint density at radius 2 is 2.11 bits per heavy atom. The van der Waals surface area contributed by atoms with Crippen LogP contribution in [0, 0.1) is 11.3 Å². The van der Waals surface area contributed by atoms with E-state index in [2.05, 4.69) is 4.98 Å². The van der Waals surface area contributed by atoms with Crippen LogP contribution in [-0.4, -0.2) is 15.3 Å². The Morgan fingerprint density at radius 3 is 2.61 bits per heavy atom. The molecule has 1 aromatic carbocycles. The lowest BCUT2D eigenvalue weighted by molar-refractivity contribution is 0.0974. The van der Waals surface area contributed by atoms with Gasteiger partial charge in [-0.3, -0.25) is 4.79 Å². The number of carbonyl (C=O) groups excluding carboxylic acids is 1. The summed E-state index contributed by atoms with van der Waals surface area (Å²) >= 11 is 5.78. The van der Waals surface area contributed by atoms with Crippen LogP contribution in [0.1, 0.15) is 22.0 Å². The van der Waals surface area contributed by atoms with Crippen molar-refractivity contribution in [3.8, 4) is 6.07 Å². The first-order chi connectivity index (χ1) is 8.61. The standard InChI is InChI=1S/C13H10ClN3O/c1-17-7-12(16-8-17)13(18)11(6-15)9-2-4-10(14)5-3-9/h2-5,7-8,11H,1H3. The maximum atomic E-state index is 12.1. The summed E-state index contributed by atoms with van der Waals surface area (Å²) in [6, 6.07) is 8.68. The zero-order chi connectivity index (χ0) is 13.1. The van der Waals surface area contributed by atoms with Crippen molar-refractivity contribution in [1.29, 1.82) is 5.26 Å². The number of aryl methyl sites for hydroxylation is 1. The molecule has 0 aliphatic rings. The third kappa shape index (κ3) is 2.41. The topological polar surface area (TPSA) is 58.7 Å². The Bertz CT molecular complexity index is 610. The number of Topliss-reactive ketones (excluding diaryl/α,β-unsaturated/α-hetero) is 1. The van der Waals surface area contributed by atoms with Gasteiger partial charge in [0.05, 0.1) is 12.4 Å². The minimum atomic E-state index is -0.850. The van der Waals surface area contributed by atoms with Gasteiger partial charge in [-0.15, -0.1) is 0 Å². The Kier molecular flexibility index (Phi) is 3.45. The lowest BCUT2D eigenvalue weighted by Crippen LogP contribution is -2.11. The van der Waals surface area contributed by atoms with Crippen LogP contribution < -0.4 is 0 Å². The average molecular weight is 260 g/mol. The van der Waals surface area contributed by atoms with E-state index in [1.54, 1.807) is 42.1 Å². The Morgan fingerprint density at radius 1 is 1.44 bits per heavy atom. The summed E-state index contributed by atoms with van der Waals surface area (Å²) in [6.07, 6.45) is 3.13. The van der Waals surface area contributed by atoms with E-state index < -0.39 is 5.92 Å². The van der Waals surface area contributed by atoms with Crippen molar-refractivity contribution < 1.29 is 4.79 Å². The smallest absolute Gasteiger partial charge is 0.204 e. The van der Waals surface area contributed by atoms with Gasteiger partial charge in [0.15, 0.2) is 0 Å². The maximum absolute atomic E-state index is 12.1. The molecule has 18 heavy (non-hydrogen) atoms. The number of halogens is 1. The molecule has 1 unspecified atom stereocenters. The van der Waals surface area contributed by atoms with E-state index in [4.69, 9.17) is 16.9 Å². The van der Waals surface area contributed by atoms with Gasteiger partial charge in [-0.1, -0.05) is 23.7 Å². The number of nitriles is 1. The van der Waals surface area contributed by atoms with E-state index >= 15 is 0 Å². The number of ketones is 1. The van der Waals surface area contributed by atoms with Crippen LogP contribution in [0.4, 0.5) is 0 Å². The van der Waals surface area contributed by atoms with E-state index in [1.807, 2.05) is 6.07 Å². The molecule has 0 spiro atoms. The summed E-state index contributed by atoms with van der Waals surface area (Å²) in [5.74, 6) is -1.16. The van der Waals surface area contributed by atoms with Gasteiger partial charge in [0, 0.05) is 18.3 Å². The molecule has 4 nitrogen and oxygen atoms in total. The number of carbonyl (C=O) groups is 1. The first kappa shape index (κ1) is 12.3. The molecular weight excluding hydrogens is 250 g/mol. The van der Waals surface area contributed by atoms with Gasteiger partial charge in [-0.25, -0.2) is 4.98 Å². The molecule has 2 rings (SSSR count). The number of imidazole rings is 1. The number of rotatable bonds is 3. The second-order valence-corrected chi connectivity index (χ2v) is 4.34. The molecule has 0 aliphatic carbocycles. The van der Waals surface area contributed by atoms with Crippen molar-refractivity contribution in [2.45, 2.75) is 5.92 Å². The van der Waals surface area contributed by atoms with Crippen LogP contribution in [0.2, 0.25) is 5.02 Å². The minimum absolute atomic E-state index is 0.291. The predicted octanol–water partition coefficient (Wildman–Crippen LogP) is 2.56. The molecule has 2 aromatic rings. The molecule has 0 N–H and O–H groups in total. The summed E-state index contributed by atoms with van der Waals surface area (Å²) in [6.45, 7) is 0. The van der Waals surface area contributed by atoms with Gasteiger partial charge in [-0.05, 0) is 17.7 Å². The van der Waals surface area contributed by atoms with E-state index in [1.165, 1.54) is 6.33 Å². The van der Waals surface area contributed by atoms with Crippen LogP contribution in [0.3, 0.4) is 0 Å². The Hall–Kier alpha value is -2.12. The highest BCUT2D eigenvalue weighted by Gasteiger charge is 2.23. The lowest BCUT2D eigenvalue weighted by atomic mass is 9.95. The summed E-state index contributed by atoms with van der Waals surface area (Å²) in [5.41, 5.74) is 0.913. The number of hydrogen-bond acceptors (Lipinski definition) is 3.